The molecule has 2 atom stereocenters. The summed E-state index contributed by atoms with van der Waals surface area (Å²) in [5, 5.41) is 12.3. The van der Waals surface area contributed by atoms with Gasteiger partial charge in [-0.15, -0.1) is 5.10 Å². The number of aryl methyl sites for hydroxylation is 1. The van der Waals surface area contributed by atoms with Crippen molar-refractivity contribution in [3.05, 3.63) is 29.9 Å². The molecule has 3 fully saturated rings. The van der Waals surface area contributed by atoms with Gasteiger partial charge in [0.25, 0.3) is 0 Å². The van der Waals surface area contributed by atoms with E-state index in [2.05, 4.69) is 20.5 Å². The van der Waals surface area contributed by atoms with Crippen LogP contribution in [0, 0.1) is 17.8 Å². The van der Waals surface area contributed by atoms with Crippen LogP contribution in [0.15, 0.2) is 24.7 Å². The number of nitrogens with one attached hydrogen (secondary N) is 1. The summed E-state index contributed by atoms with van der Waals surface area (Å²) < 4.78 is 8.92. The van der Waals surface area contributed by atoms with Crippen molar-refractivity contribution in [1.29, 1.82) is 0 Å². The Labute approximate surface area is 179 Å². The Hall–Kier alpha value is -2.61. The van der Waals surface area contributed by atoms with Crippen LogP contribution in [0.1, 0.15) is 32.6 Å². The highest BCUT2D eigenvalue weighted by Gasteiger charge is 2.48. The van der Waals surface area contributed by atoms with Crippen molar-refractivity contribution in [3.8, 4) is 11.1 Å². The Bertz CT molecular complexity index is 1080. The molecule has 8 nitrogen and oxygen atoms in total. The molecule has 0 aromatic carbocycles. The van der Waals surface area contributed by atoms with Crippen molar-refractivity contribution in [2.75, 3.05) is 11.9 Å². The Morgan fingerprint density at radius 2 is 2.00 bits per heavy atom. The summed E-state index contributed by atoms with van der Waals surface area (Å²) in [5.74, 6) is 1.17. The SMILES string of the molecule is CCOC(=O)[C@@H]1C2CCC(CC2)[C@H]1Nc1nc(Cl)nn2cc(-c3cnn(C)c3)cc12. The molecule has 3 heterocycles. The molecule has 0 amide bonds. The number of nitrogens with zero attached hydrogens (tertiary/aromatic N) is 5. The quantitative estimate of drug-likeness (QED) is 0.625. The van der Waals surface area contributed by atoms with Gasteiger partial charge in [-0.25, -0.2) is 4.52 Å². The van der Waals surface area contributed by atoms with Crippen LogP contribution < -0.4 is 5.32 Å². The van der Waals surface area contributed by atoms with Crippen molar-refractivity contribution >= 4 is 28.9 Å². The molecule has 30 heavy (non-hydrogen) atoms. The van der Waals surface area contributed by atoms with Crippen molar-refractivity contribution in [2.24, 2.45) is 24.8 Å². The van der Waals surface area contributed by atoms with Crippen LogP contribution in [0.3, 0.4) is 0 Å². The fourth-order valence-electron chi connectivity index (χ4n) is 5.20. The van der Waals surface area contributed by atoms with Gasteiger partial charge in [-0.05, 0) is 62.1 Å². The summed E-state index contributed by atoms with van der Waals surface area (Å²) in [5.41, 5.74) is 2.79. The third kappa shape index (κ3) is 3.33. The zero-order chi connectivity index (χ0) is 20.8. The van der Waals surface area contributed by atoms with E-state index in [1.54, 1.807) is 9.20 Å². The summed E-state index contributed by atoms with van der Waals surface area (Å²) in [4.78, 5) is 17.3. The number of hydrogen-bond acceptors (Lipinski definition) is 6. The lowest BCUT2D eigenvalue weighted by molar-refractivity contribution is -0.154. The van der Waals surface area contributed by atoms with Gasteiger partial charge in [-0.1, -0.05) is 0 Å². The zero-order valence-corrected chi connectivity index (χ0v) is 17.8. The molecule has 3 aliphatic rings. The van der Waals surface area contributed by atoms with Gasteiger partial charge in [0.2, 0.25) is 5.28 Å². The predicted molar refractivity (Wildman–Crippen MR) is 113 cm³/mol. The fourth-order valence-corrected chi connectivity index (χ4v) is 5.37. The minimum absolute atomic E-state index is 0.0111. The highest BCUT2D eigenvalue weighted by molar-refractivity contribution is 6.28. The third-order valence-corrected chi connectivity index (χ3v) is 6.72. The van der Waals surface area contributed by atoms with Gasteiger partial charge in [-0.2, -0.15) is 10.1 Å². The van der Waals surface area contributed by atoms with Crippen molar-refractivity contribution < 1.29 is 9.53 Å². The first-order chi connectivity index (χ1) is 14.5. The second kappa shape index (κ2) is 7.58. The number of halogens is 1. The average molecular weight is 429 g/mol. The van der Waals surface area contributed by atoms with Gasteiger partial charge in [-0.3, -0.25) is 9.48 Å². The number of carbonyl (C=O) groups excluding carboxylic acids is 1. The molecule has 0 radical (unpaired) electrons. The third-order valence-electron chi connectivity index (χ3n) is 6.56. The van der Waals surface area contributed by atoms with Crippen LogP contribution in [-0.4, -0.2) is 43.0 Å². The first-order valence-electron chi connectivity index (χ1n) is 10.5. The second-order valence-corrected chi connectivity index (χ2v) is 8.65. The molecule has 3 aliphatic carbocycles. The van der Waals surface area contributed by atoms with E-state index in [9.17, 15) is 4.79 Å². The number of hydrogen-bond donors (Lipinski definition) is 1. The Morgan fingerprint density at radius 1 is 1.23 bits per heavy atom. The van der Waals surface area contributed by atoms with E-state index in [1.165, 1.54) is 0 Å². The van der Waals surface area contributed by atoms with Crippen molar-refractivity contribution in [1.82, 2.24) is 24.4 Å². The monoisotopic (exact) mass is 428 g/mol. The van der Waals surface area contributed by atoms with E-state index in [0.29, 0.717) is 24.3 Å². The van der Waals surface area contributed by atoms with Crippen LogP contribution in [0.5, 0.6) is 0 Å². The highest BCUT2D eigenvalue weighted by atomic mass is 35.5. The number of esters is 1. The molecular weight excluding hydrogens is 404 g/mol. The van der Waals surface area contributed by atoms with Crippen LogP contribution in [-0.2, 0) is 16.6 Å². The van der Waals surface area contributed by atoms with E-state index < -0.39 is 0 Å². The van der Waals surface area contributed by atoms with Crippen LogP contribution in [0.4, 0.5) is 5.82 Å². The number of ether oxygens (including phenoxy) is 1. The molecule has 6 rings (SSSR count). The van der Waals surface area contributed by atoms with Crippen LogP contribution in [0.25, 0.3) is 16.6 Å². The van der Waals surface area contributed by atoms with Gasteiger partial charge in [0.05, 0.1) is 18.7 Å². The van der Waals surface area contributed by atoms with Crippen molar-refractivity contribution in [3.63, 3.8) is 0 Å². The van der Waals surface area contributed by atoms with Gasteiger partial charge in [0.15, 0.2) is 5.82 Å². The minimum Gasteiger partial charge on any atom is -0.466 e. The summed E-state index contributed by atoms with van der Waals surface area (Å²) in [6.45, 7) is 2.26. The molecule has 2 bridgehead atoms. The summed E-state index contributed by atoms with van der Waals surface area (Å²) in [6, 6.07) is 2.01. The zero-order valence-electron chi connectivity index (χ0n) is 17.1. The maximum Gasteiger partial charge on any atom is 0.311 e. The smallest absolute Gasteiger partial charge is 0.311 e. The van der Waals surface area contributed by atoms with E-state index in [0.717, 1.165) is 42.3 Å². The number of aromatic nitrogens is 5. The highest BCUT2D eigenvalue weighted by Crippen LogP contribution is 2.47. The van der Waals surface area contributed by atoms with Crippen molar-refractivity contribution in [2.45, 2.75) is 38.6 Å². The van der Waals surface area contributed by atoms with Gasteiger partial charge in [0.1, 0.15) is 5.52 Å². The normalized spacial score (nSPS) is 25.6. The molecule has 3 saturated carbocycles. The molecule has 3 aromatic heterocycles. The lowest BCUT2D eigenvalue weighted by Gasteiger charge is -2.47. The Morgan fingerprint density at radius 3 is 2.70 bits per heavy atom. The van der Waals surface area contributed by atoms with E-state index >= 15 is 0 Å². The van der Waals surface area contributed by atoms with E-state index in [1.807, 2.05) is 38.6 Å². The number of rotatable bonds is 5. The van der Waals surface area contributed by atoms with Crippen LogP contribution >= 0.6 is 11.6 Å². The summed E-state index contributed by atoms with van der Waals surface area (Å²) in [6.07, 6.45) is 10.1. The molecule has 1 N–H and O–H groups in total. The lowest BCUT2D eigenvalue weighted by atomic mass is 9.61. The van der Waals surface area contributed by atoms with E-state index in [4.69, 9.17) is 16.3 Å². The maximum atomic E-state index is 12.8. The average Bonchev–Trinajstić information content (AvgIpc) is 3.35. The molecular formula is C21H25ClN6O2. The Kier molecular flexibility index (Phi) is 4.89. The second-order valence-electron chi connectivity index (χ2n) is 8.31. The van der Waals surface area contributed by atoms with Gasteiger partial charge >= 0.3 is 5.97 Å². The molecule has 0 aliphatic heterocycles. The molecule has 0 unspecified atom stereocenters. The first-order valence-corrected chi connectivity index (χ1v) is 10.9. The number of anilines is 1. The maximum absolute atomic E-state index is 12.8. The fraction of sp³-hybridized carbons (Fsp3) is 0.524. The van der Waals surface area contributed by atoms with Crippen LogP contribution in [0.2, 0.25) is 5.28 Å². The minimum atomic E-state index is -0.154. The largest absolute Gasteiger partial charge is 0.466 e. The van der Waals surface area contributed by atoms with Gasteiger partial charge < -0.3 is 10.1 Å². The molecule has 3 aromatic rings. The summed E-state index contributed by atoms with van der Waals surface area (Å²) in [7, 11) is 1.89. The predicted octanol–water partition coefficient (Wildman–Crippen LogP) is 3.56. The molecule has 158 valence electrons. The molecule has 0 saturated heterocycles. The standard InChI is InChI=1S/C21H25ClN6O2/c1-3-30-20(29)17-12-4-6-13(7-5-12)18(17)24-19-16-8-14(15-9-23-27(2)10-15)11-28(16)26-21(22)25-19/h8-13,17-18H,3-7H2,1-2H3,(H,24,25,26)/t12?,13?,17-,18-/m1/s1. The van der Waals surface area contributed by atoms with Gasteiger partial charge in [0, 0.05) is 36.6 Å². The first kappa shape index (κ1) is 19.4. The van der Waals surface area contributed by atoms with E-state index in [-0.39, 0.29) is 23.2 Å². The topological polar surface area (TPSA) is 86.3 Å². The molecule has 9 heteroatoms. The summed E-state index contributed by atoms with van der Waals surface area (Å²) >= 11 is 6.24. The number of carbonyl (C=O) groups is 1. The Balaban J connectivity index is 1.52. The number of fused-ring (bicyclic) bond motifs is 4. The molecule has 0 spiro atoms. The lowest BCUT2D eigenvalue weighted by Crippen LogP contribution is -2.52.